The zero-order chi connectivity index (χ0) is 15.7. The minimum atomic E-state index is -1.04. The maximum atomic E-state index is 11.7. The van der Waals surface area contributed by atoms with E-state index in [0.717, 1.165) is 18.7 Å². The van der Waals surface area contributed by atoms with Crippen LogP contribution < -0.4 is 10.6 Å². The highest BCUT2D eigenvalue weighted by molar-refractivity contribution is 5.82. The number of carboxylic acids is 1. The van der Waals surface area contributed by atoms with Gasteiger partial charge in [-0.1, -0.05) is 37.3 Å². The summed E-state index contributed by atoms with van der Waals surface area (Å²) in [5.74, 6) is -1.04. The van der Waals surface area contributed by atoms with Gasteiger partial charge in [-0.3, -0.25) is 0 Å². The van der Waals surface area contributed by atoms with Gasteiger partial charge in [0, 0.05) is 19.5 Å². The molecule has 116 valence electrons. The van der Waals surface area contributed by atoms with Gasteiger partial charge >= 0.3 is 12.0 Å². The van der Waals surface area contributed by atoms with E-state index in [0.29, 0.717) is 6.54 Å². The second-order valence-corrected chi connectivity index (χ2v) is 4.88. The van der Waals surface area contributed by atoms with Gasteiger partial charge < -0.3 is 20.6 Å². The summed E-state index contributed by atoms with van der Waals surface area (Å²) >= 11 is 0. The maximum Gasteiger partial charge on any atom is 0.326 e. The molecule has 0 heterocycles. The van der Waals surface area contributed by atoms with E-state index < -0.39 is 18.0 Å². The Kier molecular flexibility index (Phi) is 7.25. The van der Waals surface area contributed by atoms with E-state index >= 15 is 0 Å². The number of aliphatic carboxylic acids is 1. The lowest BCUT2D eigenvalue weighted by atomic mass is 10.1. The van der Waals surface area contributed by atoms with Crippen molar-refractivity contribution < 1.29 is 14.7 Å². The molecule has 1 aromatic carbocycles. The van der Waals surface area contributed by atoms with Gasteiger partial charge in [0.15, 0.2) is 0 Å². The molecule has 1 aromatic rings. The van der Waals surface area contributed by atoms with E-state index in [2.05, 4.69) is 15.5 Å². The summed E-state index contributed by atoms with van der Waals surface area (Å²) in [6.07, 6.45) is 0.262. The Hall–Kier alpha value is -2.08. The molecule has 0 aromatic heterocycles. The largest absolute Gasteiger partial charge is 0.480 e. The zero-order valence-electron chi connectivity index (χ0n) is 12.5. The van der Waals surface area contributed by atoms with E-state index in [-0.39, 0.29) is 6.42 Å². The number of benzene rings is 1. The molecule has 0 spiro atoms. The topological polar surface area (TPSA) is 81.7 Å². The third-order valence-corrected chi connectivity index (χ3v) is 3.20. The fourth-order valence-electron chi connectivity index (χ4n) is 1.78. The molecule has 0 aliphatic heterocycles. The minimum Gasteiger partial charge on any atom is -0.480 e. The summed E-state index contributed by atoms with van der Waals surface area (Å²) in [5, 5.41) is 14.3. The number of rotatable bonds is 8. The fraction of sp³-hybridized carbons (Fsp3) is 0.467. The number of nitrogens with one attached hydrogen (secondary N) is 2. The Morgan fingerprint density at radius 1 is 1.29 bits per heavy atom. The SMILES string of the molecule is CCN(C)CCNC(=O)NC(Cc1ccccc1)C(=O)O. The molecule has 0 bridgehead atoms. The predicted molar refractivity (Wildman–Crippen MR) is 81.3 cm³/mol. The molecule has 0 saturated heterocycles. The van der Waals surface area contributed by atoms with Gasteiger partial charge in [0.05, 0.1) is 0 Å². The lowest BCUT2D eigenvalue weighted by Crippen LogP contribution is -2.48. The van der Waals surface area contributed by atoms with E-state index in [1.807, 2.05) is 44.3 Å². The number of nitrogens with zero attached hydrogens (tertiary/aromatic N) is 1. The Balaban J connectivity index is 2.43. The first kappa shape index (κ1) is 17.0. The van der Waals surface area contributed by atoms with Crippen molar-refractivity contribution in [3.63, 3.8) is 0 Å². The van der Waals surface area contributed by atoms with Gasteiger partial charge in [-0.25, -0.2) is 9.59 Å². The molecule has 1 rings (SSSR count). The molecular weight excluding hydrogens is 270 g/mol. The lowest BCUT2D eigenvalue weighted by molar-refractivity contribution is -0.139. The smallest absolute Gasteiger partial charge is 0.326 e. The number of likely N-dealkylation sites (N-methyl/N-ethyl adjacent to an activating group) is 1. The second-order valence-electron chi connectivity index (χ2n) is 4.88. The van der Waals surface area contributed by atoms with Gasteiger partial charge in [0.25, 0.3) is 0 Å². The Bertz CT molecular complexity index is 451. The van der Waals surface area contributed by atoms with E-state index in [4.69, 9.17) is 0 Å². The number of urea groups is 1. The van der Waals surface area contributed by atoms with Crippen molar-refractivity contribution in [2.24, 2.45) is 0 Å². The highest BCUT2D eigenvalue weighted by Gasteiger charge is 2.20. The molecule has 1 atom stereocenters. The second kappa shape index (κ2) is 8.97. The first-order chi connectivity index (χ1) is 10.0. The summed E-state index contributed by atoms with van der Waals surface area (Å²) in [7, 11) is 1.95. The van der Waals surface area contributed by atoms with E-state index in [1.165, 1.54) is 0 Å². The average molecular weight is 293 g/mol. The normalized spacial score (nSPS) is 12.0. The number of hydrogen-bond donors (Lipinski definition) is 3. The van der Waals surface area contributed by atoms with Gasteiger partial charge in [-0.2, -0.15) is 0 Å². The predicted octanol–water partition coefficient (Wildman–Crippen LogP) is 0.933. The molecule has 0 aliphatic rings. The van der Waals surface area contributed by atoms with Crippen LogP contribution in [-0.4, -0.2) is 54.7 Å². The molecule has 2 amide bonds. The number of amides is 2. The molecule has 0 saturated carbocycles. The summed E-state index contributed by atoms with van der Waals surface area (Å²) in [5.41, 5.74) is 0.871. The molecule has 6 heteroatoms. The highest BCUT2D eigenvalue weighted by atomic mass is 16.4. The van der Waals surface area contributed by atoms with Crippen molar-refractivity contribution in [1.82, 2.24) is 15.5 Å². The number of carbonyl (C=O) groups excluding carboxylic acids is 1. The third kappa shape index (κ3) is 6.76. The van der Waals surface area contributed by atoms with Gasteiger partial charge in [0.2, 0.25) is 0 Å². The molecular formula is C15H23N3O3. The van der Waals surface area contributed by atoms with Crippen LogP contribution in [0.4, 0.5) is 4.79 Å². The van der Waals surface area contributed by atoms with Crippen molar-refractivity contribution in [3.8, 4) is 0 Å². The summed E-state index contributed by atoms with van der Waals surface area (Å²) in [4.78, 5) is 25.0. The maximum absolute atomic E-state index is 11.7. The minimum absolute atomic E-state index is 0.262. The molecule has 0 fully saturated rings. The molecule has 6 nitrogen and oxygen atoms in total. The van der Waals surface area contributed by atoms with Gasteiger partial charge in [-0.05, 0) is 19.2 Å². The van der Waals surface area contributed by atoms with E-state index in [9.17, 15) is 14.7 Å². The number of carbonyl (C=O) groups is 2. The summed E-state index contributed by atoms with van der Waals surface area (Å²) in [6, 6.07) is 7.84. The van der Waals surface area contributed by atoms with Crippen LogP contribution in [0.15, 0.2) is 30.3 Å². The first-order valence-corrected chi connectivity index (χ1v) is 7.02. The van der Waals surface area contributed by atoms with Crippen molar-refractivity contribution in [2.75, 3.05) is 26.7 Å². The summed E-state index contributed by atoms with van der Waals surface area (Å²) in [6.45, 7) is 4.13. The monoisotopic (exact) mass is 293 g/mol. The van der Waals surface area contributed by atoms with Crippen molar-refractivity contribution in [1.29, 1.82) is 0 Å². The van der Waals surface area contributed by atoms with E-state index in [1.54, 1.807) is 0 Å². The Labute approximate surface area is 125 Å². The van der Waals surface area contributed by atoms with Crippen LogP contribution in [0.5, 0.6) is 0 Å². The highest BCUT2D eigenvalue weighted by Crippen LogP contribution is 2.03. The molecule has 1 unspecified atom stereocenters. The first-order valence-electron chi connectivity index (χ1n) is 7.02. The Morgan fingerprint density at radius 3 is 2.52 bits per heavy atom. The van der Waals surface area contributed by atoms with Crippen LogP contribution in [-0.2, 0) is 11.2 Å². The fourth-order valence-corrected chi connectivity index (χ4v) is 1.78. The van der Waals surface area contributed by atoms with Crippen molar-refractivity contribution in [3.05, 3.63) is 35.9 Å². The number of carboxylic acid groups (broad SMARTS) is 1. The quantitative estimate of drug-likeness (QED) is 0.666. The van der Waals surface area contributed by atoms with Gasteiger partial charge in [0.1, 0.15) is 6.04 Å². The average Bonchev–Trinajstić information content (AvgIpc) is 2.47. The summed E-state index contributed by atoms with van der Waals surface area (Å²) < 4.78 is 0. The van der Waals surface area contributed by atoms with Crippen LogP contribution in [0.25, 0.3) is 0 Å². The molecule has 0 radical (unpaired) electrons. The van der Waals surface area contributed by atoms with Gasteiger partial charge in [-0.15, -0.1) is 0 Å². The zero-order valence-corrected chi connectivity index (χ0v) is 12.5. The number of hydrogen-bond acceptors (Lipinski definition) is 3. The standard InChI is InChI=1S/C15H23N3O3/c1-3-18(2)10-9-16-15(21)17-13(14(19)20)11-12-7-5-4-6-8-12/h4-8,13H,3,9-11H2,1-2H3,(H,19,20)(H2,16,17,21). The van der Waals surface area contributed by atoms with Crippen molar-refractivity contribution >= 4 is 12.0 Å². The third-order valence-electron chi connectivity index (χ3n) is 3.20. The molecule has 21 heavy (non-hydrogen) atoms. The Morgan fingerprint density at radius 2 is 1.95 bits per heavy atom. The van der Waals surface area contributed by atoms with Crippen LogP contribution in [0.3, 0.4) is 0 Å². The van der Waals surface area contributed by atoms with Crippen LogP contribution in [0.2, 0.25) is 0 Å². The lowest BCUT2D eigenvalue weighted by Gasteiger charge is -2.17. The molecule has 3 N–H and O–H groups in total. The van der Waals surface area contributed by atoms with Crippen LogP contribution >= 0.6 is 0 Å². The molecule has 0 aliphatic carbocycles. The van der Waals surface area contributed by atoms with Crippen molar-refractivity contribution in [2.45, 2.75) is 19.4 Å². The van der Waals surface area contributed by atoms with Crippen LogP contribution in [0.1, 0.15) is 12.5 Å². The van der Waals surface area contributed by atoms with Crippen LogP contribution in [0, 0.1) is 0 Å².